The van der Waals surface area contributed by atoms with Crippen molar-refractivity contribution >= 4 is 29.0 Å². The number of thioether (sulfide) groups is 1. The van der Waals surface area contributed by atoms with Gasteiger partial charge in [0.15, 0.2) is 0 Å². The number of hydrogen-bond donors (Lipinski definition) is 2. The van der Waals surface area contributed by atoms with Crippen molar-refractivity contribution in [1.29, 1.82) is 0 Å². The average molecular weight is 336 g/mol. The number of amides is 1. The van der Waals surface area contributed by atoms with Crippen molar-refractivity contribution in [2.75, 3.05) is 18.9 Å². The monoisotopic (exact) mass is 336 g/mol. The van der Waals surface area contributed by atoms with E-state index in [0.717, 1.165) is 28.5 Å². The number of fused-ring (bicyclic) bond motifs is 1. The molecule has 22 heavy (non-hydrogen) atoms. The summed E-state index contributed by atoms with van der Waals surface area (Å²) in [7, 11) is 0. The number of aliphatic hydroxyl groups is 1. The quantitative estimate of drug-likeness (QED) is 0.883. The molecule has 2 aromatic heterocycles. The first-order valence-corrected chi connectivity index (χ1v) is 9.42. The zero-order chi connectivity index (χ0) is 15.5. The molecule has 1 aliphatic rings. The number of nitrogens with one attached hydrogen (secondary N) is 1. The largest absolute Gasteiger partial charge is 0.396 e. The minimum Gasteiger partial charge on any atom is -0.396 e. The first-order chi connectivity index (χ1) is 10.7. The molecule has 0 bridgehead atoms. The van der Waals surface area contributed by atoms with Crippen molar-refractivity contribution in [3.63, 3.8) is 0 Å². The van der Waals surface area contributed by atoms with Gasteiger partial charge in [-0.3, -0.25) is 4.79 Å². The van der Waals surface area contributed by atoms with Crippen LogP contribution in [0.15, 0.2) is 24.5 Å². The lowest BCUT2D eigenvalue weighted by molar-refractivity contribution is 0.0942. The third-order valence-corrected chi connectivity index (χ3v) is 6.20. The maximum atomic E-state index is 12.7. The summed E-state index contributed by atoms with van der Waals surface area (Å²) in [6.45, 7) is 2.51. The SMILES string of the molecule is CC(CO)CNC(=O)c1c(-n2cccc2)sc2c1CCSC2. The number of aliphatic hydroxyl groups excluding tert-OH is 1. The number of carbonyl (C=O) groups is 1. The molecule has 2 aromatic rings. The molecule has 0 saturated carbocycles. The number of carbonyl (C=O) groups excluding carboxylic acids is 1. The van der Waals surface area contributed by atoms with Gasteiger partial charge in [0, 0.05) is 36.2 Å². The van der Waals surface area contributed by atoms with Crippen molar-refractivity contribution in [1.82, 2.24) is 9.88 Å². The van der Waals surface area contributed by atoms with Gasteiger partial charge in [0.2, 0.25) is 0 Å². The number of rotatable bonds is 5. The van der Waals surface area contributed by atoms with Crippen LogP contribution >= 0.6 is 23.1 Å². The van der Waals surface area contributed by atoms with Crippen LogP contribution in [-0.2, 0) is 12.2 Å². The highest BCUT2D eigenvalue weighted by Crippen LogP contribution is 2.38. The normalized spacial score (nSPS) is 15.4. The van der Waals surface area contributed by atoms with E-state index in [9.17, 15) is 4.79 Å². The highest BCUT2D eigenvalue weighted by Gasteiger charge is 2.26. The standard InChI is InChI=1S/C16H20N2O2S2/c1-11(9-19)8-17-15(20)14-12-4-7-21-10-13(12)22-16(14)18-5-2-3-6-18/h2-3,5-6,11,19H,4,7-10H2,1H3,(H,17,20). The molecule has 118 valence electrons. The lowest BCUT2D eigenvalue weighted by Crippen LogP contribution is -2.30. The summed E-state index contributed by atoms with van der Waals surface area (Å²) >= 11 is 3.65. The van der Waals surface area contributed by atoms with Crippen molar-refractivity contribution in [3.05, 3.63) is 40.5 Å². The molecule has 0 fully saturated rings. The van der Waals surface area contributed by atoms with E-state index in [4.69, 9.17) is 5.11 Å². The molecule has 2 N–H and O–H groups in total. The van der Waals surface area contributed by atoms with Gasteiger partial charge < -0.3 is 15.0 Å². The fourth-order valence-electron chi connectivity index (χ4n) is 2.52. The Morgan fingerprint density at radius 1 is 1.45 bits per heavy atom. The van der Waals surface area contributed by atoms with Gasteiger partial charge in [-0.1, -0.05) is 6.92 Å². The van der Waals surface area contributed by atoms with Crippen molar-refractivity contribution in [2.24, 2.45) is 5.92 Å². The van der Waals surface area contributed by atoms with Gasteiger partial charge in [-0.25, -0.2) is 0 Å². The van der Waals surface area contributed by atoms with Crippen molar-refractivity contribution in [3.8, 4) is 5.00 Å². The molecule has 1 aliphatic heterocycles. The Balaban J connectivity index is 1.94. The van der Waals surface area contributed by atoms with Crippen LogP contribution in [0.5, 0.6) is 0 Å². The first-order valence-electron chi connectivity index (χ1n) is 7.45. The zero-order valence-electron chi connectivity index (χ0n) is 12.5. The highest BCUT2D eigenvalue weighted by atomic mass is 32.2. The van der Waals surface area contributed by atoms with Crippen LogP contribution in [0.4, 0.5) is 0 Å². The summed E-state index contributed by atoms with van der Waals surface area (Å²) in [6.07, 6.45) is 4.92. The summed E-state index contributed by atoms with van der Waals surface area (Å²) in [4.78, 5) is 14.0. The summed E-state index contributed by atoms with van der Waals surface area (Å²) in [5.74, 6) is 2.12. The first kappa shape index (κ1) is 15.6. The van der Waals surface area contributed by atoms with E-state index >= 15 is 0 Å². The number of hydrogen-bond acceptors (Lipinski definition) is 4. The molecule has 0 aromatic carbocycles. The predicted octanol–water partition coefficient (Wildman–Crippen LogP) is 2.69. The topological polar surface area (TPSA) is 54.3 Å². The van der Waals surface area contributed by atoms with Gasteiger partial charge in [-0.2, -0.15) is 11.8 Å². The fraction of sp³-hybridized carbons (Fsp3) is 0.438. The Morgan fingerprint density at radius 3 is 2.95 bits per heavy atom. The maximum Gasteiger partial charge on any atom is 0.254 e. The summed E-state index contributed by atoms with van der Waals surface area (Å²) in [6, 6.07) is 3.95. The molecule has 0 spiro atoms. The second-order valence-electron chi connectivity index (χ2n) is 5.57. The summed E-state index contributed by atoms with van der Waals surface area (Å²) < 4.78 is 2.03. The van der Waals surface area contributed by atoms with E-state index in [-0.39, 0.29) is 18.4 Å². The van der Waals surface area contributed by atoms with Gasteiger partial charge in [-0.15, -0.1) is 11.3 Å². The summed E-state index contributed by atoms with van der Waals surface area (Å²) in [5.41, 5.74) is 2.03. The predicted molar refractivity (Wildman–Crippen MR) is 92.1 cm³/mol. The minimum atomic E-state index is -0.0200. The molecule has 6 heteroatoms. The Hall–Kier alpha value is -1.24. The second-order valence-corrected chi connectivity index (χ2v) is 7.76. The average Bonchev–Trinajstić information content (AvgIpc) is 3.18. The van der Waals surface area contributed by atoms with Crippen LogP contribution in [0.2, 0.25) is 0 Å². The molecule has 1 amide bonds. The Bertz CT molecular complexity index is 649. The number of thiophene rings is 1. The molecule has 0 aliphatic carbocycles. The van der Waals surface area contributed by atoms with Crippen LogP contribution in [0.25, 0.3) is 5.00 Å². The van der Waals surface area contributed by atoms with Crippen LogP contribution < -0.4 is 5.32 Å². The Kier molecular flexibility index (Phi) is 4.90. The van der Waals surface area contributed by atoms with Crippen molar-refractivity contribution < 1.29 is 9.90 Å². The third kappa shape index (κ3) is 3.09. The van der Waals surface area contributed by atoms with Crippen LogP contribution in [-0.4, -0.2) is 34.5 Å². The molecule has 4 nitrogen and oxygen atoms in total. The molecule has 0 radical (unpaired) electrons. The number of aromatic nitrogens is 1. The Labute approximate surface area is 138 Å². The molecule has 3 heterocycles. The Morgan fingerprint density at radius 2 is 2.23 bits per heavy atom. The fourth-order valence-corrected chi connectivity index (χ4v) is 4.97. The van der Waals surface area contributed by atoms with E-state index in [1.807, 2.05) is 47.8 Å². The van der Waals surface area contributed by atoms with E-state index < -0.39 is 0 Å². The van der Waals surface area contributed by atoms with E-state index in [2.05, 4.69) is 5.32 Å². The molecule has 0 saturated heterocycles. The van der Waals surface area contributed by atoms with Gasteiger partial charge >= 0.3 is 0 Å². The highest BCUT2D eigenvalue weighted by molar-refractivity contribution is 7.98. The maximum absolute atomic E-state index is 12.7. The van der Waals surface area contributed by atoms with E-state index in [1.54, 1.807) is 11.3 Å². The van der Waals surface area contributed by atoms with Gasteiger partial charge in [0.25, 0.3) is 5.91 Å². The summed E-state index contributed by atoms with van der Waals surface area (Å²) in [5, 5.41) is 13.1. The third-order valence-electron chi connectivity index (χ3n) is 3.79. The van der Waals surface area contributed by atoms with Gasteiger partial charge in [0.1, 0.15) is 5.00 Å². The molecule has 1 unspecified atom stereocenters. The zero-order valence-corrected chi connectivity index (χ0v) is 14.2. The van der Waals surface area contributed by atoms with Crippen LogP contribution in [0.3, 0.4) is 0 Å². The second kappa shape index (κ2) is 6.89. The molecule has 1 atom stereocenters. The van der Waals surface area contributed by atoms with Gasteiger partial charge in [0.05, 0.1) is 5.56 Å². The number of nitrogens with zero attached hydrogens (tertiary/aromatic N) is 1. The minimum absolute atomic E-state index is 0.0200. The molecular formula is C16H20N2O2S2. The van der Waals surface area contributed by atoms with E-state index in [1.165, 1.54) is 10.4 Å². The van der Waals surface area contributed by atoms with Crippen LogP contribution in [0.1, 0.15) is 27.7 Å². The molecule has 3 rings (SSSR count). The van der Waals surface area contributed by atoms with Gasteiger partial charge in [-0.05, 0) is 35.8 Å². The molecular weight excluding hydrogens is 316 g/mol. The smallest absolute Gasteiger partial charge is 0.254 e. The lowest BCUT2D eigenvalue weighted by atomic mass is 10.1. The van der Waals surface area contributed by atoms with E-state index in [0.29, 0.717) is 6.54 Å². The van der Waals surface area contributed by atoms with Crippen molar-refractivity contribution in [2.45, 2.75) is 19.1 Å². The lowest BCUT2D eigenvalue weighted by Gasteiger charge is -2.14. The van der Waals surface area contributed by atoms with Crippen LogP contribution in [0, 0.1) is 5.92 Å².